The molecule has 1 amide bonds. The number of aromatic nitrogens is 4. The molecule has 10 nitrogen and oxygen atoms in total. The Morgan fingerprint density at radius 3 is 2.65 bits per heavy atom. The predicted molar refractivity (Wildman–Crippen MR) is 184 cm³/mol. The number of pyridine rings is 1. The van der Waals surface area contributed by atoms with Crippen LogP contribution in [0, 0.1) is 18.8 Å². The maximum Gasteiger partial charge on any atom is 0.355 e. The monoisotopic (exact) mass is 660 g/mol. The second kappa shape index (κ2) is 11.2. The largest absolute Gasteiger partial charge is 0.476 e. The number of carbonyl (C=O) groups is 2. The first-order chi connectivity index (χ1) is 23.3. The number of fused-ring (bicyclic) bond motifs is 2. The highest BCUT2D eigenvalue weighted by atomic mass is 32.1. The zero-order valence-electron chi connectivity index (χ0n) is 26.7. The number of ether oxygens (including phenoxy) is 1. The Balaban J connectivity index is 0.970. The Morgan fingerprint density at radius 2 is 1.85 bits per heavy atom. The van der Waals surface area contributed by atoms with E-state index in [0.717, 1.165) is 57.3 Å². The molecule has 10 rings (SSSR count). The summed E-state index contributed by atoms with van der Waals surface area (Å²) in [6.07, 6.45) is 8.70. The summed E-state index contributed by atoms with van der Waals surface area (Å²) in [5, 5.41) is 18.6. The molecule has 2 aliphatic carbocycles. The van der Waals surface area contributed by atoms with Gasteiger partial charge < -0.3 is 14.7 Å². The van der Waals surface area contributed by atoms with Crippen LogP contribution < -0.4 is 10.2 Å². The minimum atomic E-state index is -1.09. The van der Waals surface area contributed by atoms with Crippen molar-refractivity contribution in [3.05, 3.63) is 88.9 Å². The summed E-state index contributed by atoms with van der Waals surface area (Å²) in [4.78, 5) is 37.5. The molecular formula is C37H36N6O4S. The number of benzene rings is 2. The first-order valence-electron chi connectivity index (χ1n) is 16.8. The fourth-order valence-electron chi connectivity index (χ4n) is 8.91. The van der Waals surface area contributed by atoms with E-state index in [1.807, 2.05) is 65.0 Å². The topological polar surface area (TPSA) is 122 Å². The van der Waals surface area contributed by atoms with Crippen LogP contribution in [0.2, 0.25) is 0 Å². The van der Waals surface area contributed by atoms with Crippen molar-refractivity contribution in [3.8, 4) is 11.1 Å². The second-order valence-electron chi connectivity index (χ2n) is 14.0. The summed E-state index contributed by atoms with van der Waals surface area (Å²) >= 11 is 1.44. The van der Waals surface area contributed by atoms with Crippen molar-refractivity contribution in [3.63, 3.8) is 0 Å². The van der Waals surface area contributed by atoms with Gasteiger partial charge in [0.15, 0.2) is 10.8 Å². The van der Waals surface area contributed by atoms with E-state index in [1.54, 1.807) is 6.20 Å². The smallest absolute Gasteiger partial charge is 0.355 e. The summed E-state index contributed by atoms with van der Waals surface area (Å²) in [5.41, 5.74) is 5.51. The number of hydrogen-bond donors (Lipinski definition) is 2. The lowest BCUT2D eigenvalue weighted by Gasteiger charge is -2.56. The van der Waals surface area contributed by atoms with Crippen LogP contribution >= 0.6 is 11.3 Å². The number of amides is 1. The van der Waals surface area contributed by atoms with Gasteiger partial charge in [0, 0.05) is 35.5 Å². The SMILES string of the molecule is Cc1c(-c2ccc(N3CCc4cccc(C(=O)Nc5nc6ccccc6s5)c4C3)nc2C(=O)O)cnn1CC12CC3CC(CC(C3)O1)C2. The fourth-order valence-corrected chi connectivity index (χ4v) is 9.77. The van der Waals surface area contributed by atoms with Gasteiger partial charge in [-0.1, -0.05) is 35.6 Å². The molecule has 244 valence electrons. The highest BCUT2D eigenvalue weighted by Crippen LogP contribution is 2.53. The van der Waals surface area contributed by atoms with Gasteiger partial charge in [0.1, 0.15) is 5.82 Å². The molecule has 4 fully saturated rings. The van der Waals surface area contributed by atoms with E-state index in [4.69, 9.17) is 14.8 Å². The number of nitrogens with one attached hydrogen (secondary N) is 1. The molecule has 2 N–H and O–H groups in total. The Bertz CT molecular complexity index is 2030. The molecule has 2 saturated carbocycles. The van der Waals surface area contributed by atoms with Gasteiger partial charge in [0.05, 0.1) is 34.7 Å². The molecule has 11 heteroatoms. The van der Waals surface area contributed by atoms with Gasteiger partial charge in [-0.25, -0.2) is 14.8 Å². The fraction of sp³-hybridized carbons (Fsp3) is 0.378. The molecule has 4 bridgehead atoms. The van der Waals surface area contributed by atoms with Gasteiger partial charge >= 0.3 is 5.97 Å². The van der Waals surface area contributed by atoms with Crippen LogP contribution in [0.1, 0.15) is 69.8 Å². The van der Waals surface area contributed by atoms with Crippen LogP contribution in [-0.4, -0.2) is 55.0 Å². The van der Waals surface area contributed by atoms with E-state index in [0.29, 0.717) is 54.2 Å². The van der Waals surface area contributed by atoms with Crippen molar-refractivity contribution in [1.29, 1.82) is 0 Å². The van der Waals surface area contributed by atoms with Crippen molar-refractivity contribution in [1.82, 2.24) is 19.7 Å². The highest BCUT2D eigenvalue weighted by Gasteiger charge is 2.52. The average Bonchev–Trinajstić information content (AvgIpc) is 3.65. The molecule has 0 spiro atoms. The average molecular weight is 661 g/mol. The van der Waals surface area contributed by atoms with E-state index < -0.39 is 5.97 Å². The molecule has 2 saturated heterocycles. The molecule has 6 heterocycles. The van der Waals surface area contributed by atoms with Crippen LogP contribution in [0.3, 0.4) is 0 Å². The van der Waals surface area contributed by atoms with Crippen molar-refractivity contribution < 1.29 is 19.4 Å². The van der Waals surface area contributed by atoms with E-state index >= 15 is 0 Å². The summed E-state index contributed by atoms with van der Waals surface area (Å²) in [7, 11) is 0. The van der Waals surface area contributed by atoms with Gasteiger partial charge in [-0.05, 0) is 98.7 Å². The molecule has 0 radical (unpaired) electrons. The van der Waals surface area contributed by atoms with Crippen molar-refractivity contribution >= 4 is 44.4 Å². The normalized spacial score (nSPS) is 24.2. The summed E-state index contributed by atoms with van der Waals surface area (Å²) in [5.74, 6) is 0.751. The molecule has 5 aromatic rings. The molecule has 2 unspecified atom stereocenters. The van der Waals surface area contributed by atoms with Crippen LogP contribution in [-0.2, 0) is 24.2 Å². The summed E-state index contributed by atoms with van der Waals surface area (Å²) in [6, 6.07) is 17.3. The van der Waals surface area contributed by atoms with Crippen molar-refractivity contribution in [2.45, 2.75) is 70.2 Å². The maximum absolute atomic E-state index is 13.5. The van der Waals surface area contributed by atoms with E-state index in [-0.39, 0.29) is 17.2 Å². The molecule has 2 atom stereocenters. The number of thiazole rings is 1. The van der Waals surface area contributed by atoms with Gasteiger partial charge in [0.25, 0.3) is 5.91 Å². The van der Waals surface area contributed by atoms with Crippen molar-refractivity contribution in [2.75, 3.05) is 16.8 Å². The van der Waals surface area contributed by atoms with Crippen LogP contribution in [0.15, 0.2) is 60.8 Å². The van der Waals surface area contributed by atoms with Gasteiger partial charge in [-0.15, -0.1) is 0 Å². The van der Waals surface area contributed by atoms with Gasteiger partial charge in [0.2, 0.25) is 0 Å². The number of carboxylic acids is 1. The Labute approximate surface area is 281 Å². The zero-order chi connectivity index (χ0) is 32.6. The standard InChI is InChI=1S/C37H36N6O4S/c1-21-28(18-38-43(21)20-37-16-22-13-23(17-37)15-25(14-22)47-37)26-9-10-32(40-33(26)35(45)46)42-12-11-24-5-4-6-27(29(24)19-42)34(44)41-36-39-30-7-2-3-8-31(30)48-36/h2-10,18,22-23,25H,11-17,19-20H2,1H3,(H,45,46)(H,39,41,44). The van der Waals surface area contributed by atoms with Crippen LogP contribution in [0.25, 0.3) is 21.3 Å². The van der Waals surface area contributed by atoms with E-state index in [1.165, 1.54) is 30.6 Å². The lowest BCUT2D eigenvalue weighted by atomic mass is 9.62. The number of carboxylic acid groups (broad SMARTS) is 1. The minimum Gasteiger partial charge on any atom is -0.476 e. The minimum absolute atomic E-state index is 0.00568. The second-order valence-corrected chi connectivity index (χ2v) is 15.0. The van der Waals surface area contributed by atoms with Crippen LogP contribution in [0.5, 0.6) is 0 Å². The Kier molecular flexibility index (Phi) is 6.91. The molecule has 5 aliphatic rings. The van der Waals surface area contributed by atoms with E-state index in [2.05, 4.69) is 16.4 Å². The third kappa shape index (κ3) is 5.07. The van der Waals surface area contributed by atoms with E-state index in [9.17, 15) is 14.7 Å². The molecule has 3 aliphatic heterocycles. The number of para-hydroxylation sites is 1. The quantitative estimate of drug-likeness (QED) is 0.197. The van der Waals surface area contributed by atoms with Crippen LogP contribution in [0.4, 0.5) is 10.9 Å². The summed E-state index contributed by atoms with van der Waals surface area (Å²) in [6.45, 7) is 3.79. The molecule has 48 heavy (non-hydrogen) atoms. The first-order valence-corrected chi connectivity index (χ1v) is 17.6. The maximum atomic E-state index is 13.5. The van der Waals surface area contributed by atoms with Crippen molar-refractivity contribution in [2.24, 2.45) is 11.8 Å². The number of anilines is 2. The third-order valence-electron chi connectivity index (χ3n) is 10.9. The highest BCUT2D eigenvalue weighted by molar-refractivity contribution is 7.22. The third-order valence-corrected chi connectivity index (χ3v) is 11.8. The Morgan fingerprint density at radius 1 is 1.02 bits per heavy atom. The number of hydrogen-bond acceptors (Lipinski definition) is 8. The number of aromatic carboxylic acids is 1. The molecular weight excluding hydrogens is 625 g/mol. The van der Waals surface area contributed by atoms with Gasteiger partial charge in [-0.3, -0.25) is 14.8 Å². The molecule has 3 aromatic heterocycles. The predicted octanol–water partition coefficient (Wildman–Crippen LogP) is 6.72. The zero-order valence-corrected chi connectivity index (χ0v) is 27.5. The Hall–Kier alpha value is -4.61. The summed E-state index contributed by atoms with van der Waals surface area (Å²) < 4.78 is 9.63. The van der Waals surface area contributed by atoms with Gasteiger partial charge in [-0.2, -0.15) is 5.10 Å². The number of carbonyl (C=O) groups excluding carboxylic acids is 1. The number of nitrogens with zero attached hydrogens (tertiary/aromatic N) is 5. The molecule has 2 aromatic carbocycles. The number of rotatable bonds is 7. The lowest BCUT2D eigenvalue weighted by molar-refractivity contribution is -0.226. The first kappa shape index (κ1) is 29.5. The lowest BCUT2D eigenvalue weighted by Crippen LogP contribution is -2.56.